The molecule has 7 heteroatoms. The van der Waals surface area contributed by atoms with Gasteiger partial charge in [-0.3, -0.25) is 4.79 Å². The van der Waals surface area contributed by atoms with Crippen LogP contribution < -0.4 is 10.6 Å². The van der Waals surface area contributed by atoms with Gasteiger partial charge in [-0.2, -0.15) is 0 Å². The molecular weight excluding hydrogens is 276 g/mol. The van der Waals surface area contributed by atoms with E-state index in [1.807, 2.05) is 0 Å². The number of carboxylic acids is 1. The summed E-state index contributed by atoms with van der Waals surface area (Å²) >= 11 is 0. The number of esters is 1. The molecule has 0 heterocycles. The fourth-order valence-electron chi connectivity index (χ4n) is 2.38. The van der Waals surface area contributed by atoms with E-state index < -0.39 is 24.0 Å². The molecular formula is C14H24N2O5. The second kappa shape index (κ2) is 9.20. The number of rotatable bonds is 7. The average Bonchev–Trinajstić information content (AvgIpc) is 2.44. The van der Waals surface area contributed by atoms with Crippen LogP contribution in [-0.4, -0.2) is 41.8 Å². The zero-order valence-corrected chi connectivity index (χ0v) is 12.4. The molecule has 1 aliphatic rings. The molecule has 2 amide bonds. The van der Waals surface area contributed by atoms with Crippen molar-refractivity contribution >= 4 is 18.0 Å². The van der Waals surface area contributed by atoms with Crippen molar-refractivity contribution in [1.29, 1.82) is 0 Å². The van der Waals surface area contributed by atoms with Gasteiger partial charge in [0.25, 0.3) is 0 Å². The Balaban J connectivity index is 2.36. The molecule has 0 aromatic carbocycles. The topological polar surface area (TPSA) is 105 Å². The van der Waals surface area contributed by atoms with Crippen LogP contribution in [0.15, 0.2) is 0 Å². The molecule has 0 aromatic rings. The third-order valence-corrected chi connectivity index (χ3v) is 3.49. The molecule has 120 valence electrons. The van der Waals surface area contributed by atoms with Gasteiger partial charge in [0, 0.05) is 12.5 Å². The molecule has 0 spiro atoms. The summed E-state index contributed by atoms with van der Waals surface area (Å²) in [4.78, 5) is 34.1. The molecule has 0 saturated heterocycles. The second-order valence-electron chi connectivity index (χ2n) is 5.19. The second-order valence-corrected chi connectivity index (χ2v) is 5.19. The number of nitrogens with one attached hydrogen (secondary N) is 2. The highest BCUT2D eigenvalue weighted by Crippen LogP contribution is 2.17. The van der Waals surface area contributed by atoms with E-state index in [0.717, 1.165) is 25.7 Å². The molecule has 1 aliphatic carbocycles. The number of carbonyl (C=O) groups is 3. The fourth-order valence-corrected chi connectivity index (χ4v) is 2.38. The van der Waals surface area contributed by atoms with Crippen molar-refractivity contribution in [2.24, 2.45) is 0 Å². The van der Waals surface area contributed by atoms with Gasteiger partial charge in [0.15, 0.2) is 0 Å². The minimum Gasteiger partial charge on any atom is -0.480 e. The minimum absolute atomic E-state index is 0.0201. The van der Waals surface area contributed by atoms with Gasteiger partial charge >= 0.3 is 18.0 Å². The Morgan fingerprint density at radius 3 is 2.48 bits per heavy atom. The van der Waals surface area contributed by atoms with Crippen molar-refractivity contribution in [2.75, 3.05) is 6.61 Å². The Morgan fingerprint density at radius 2 is 1.90 bits per heavy atom. The first-order valence-corrected chi connectivity index (χ1v) is 7.48. The van der Waals surface area contributed by atoms with Crippen molar-refractivity contribution in [2.45, 2.75) is 64.0 Å². The van der Waals surface area contributed by atoms with E-state index >= 15 is 0 Å². The Bertz CT molecular complexity index is 366. The molecule has 0 radical (unpaired) electrons. The number of carboxylic acid groups (broad SMARTS) is 1. The highest BCUT2D eigenvalue weighted by Gasteiger charge is 2.23. The van der Waals surface area contributed by atoms with Gasteiger partial charge in [0.1, 0.15) is 6.04 Å². The van der Waals surface area contributed by atoms with Crippen LogP contribution in [0.2, 0.25) is 0 Å². The number of ether oxygens (including phenoxy) is 1. The quantitative estimate of drug-likeness (QED) is 0.617. The molecule has 21 heavy (non-hydrogen) atoms. The van der Waals surface area contributed by atoms with Crippen LogP contribution in [0.5, 0.6) is 0 Å². The summed E-state index contributed by atoms with van der Waals surface area (Å²) in [5.74, 6) is -1.61. The van der Waals surface area contributed by atoms with Crippen molar-refractivity contribution < 1.29 is 24.2 Å². The maximum absolute atomic E-state index is 11.8. The van der Waals surface area contributed by atoms with Crippen molar-refractivity contribution in [3.05, 3.63) is 0 Å². The number of carbonyl (C=O) groups excluding carboxylic acids is 2. The Labute approximate surface area is 124 Å². The Hall–Kier alpha value is -1.79. The number of urea groups is 1. The first kappa shape index (κ1) is 17.3. The summed E-state index contributed by atoms with van der Waals surface area (Å²) in [6.07, 6.45) is 5.17. The standard InChI is InChI=1S/C14H24N2O5/c1-2-21-12(17)9-8-11(13(18)19)16-14(20)15-10-6-4-3-5-7-10/h10-11H,2-9H2,1H3,(H,18,19)(H2,15,16,20)/t11-/m0/s1. The van der Waals surface area contributed by atoms with Crippen LogP contribution in [-0.2, 0) is 14.3 Å². The third kappa shape index (κ3) is 6.97. The molecule has 7 nitrogen and oxygen atoms in total. The SMILES string of the molecule is CCOC(=O)CC[C@H](NC(=O)NC1CCCCC1)C(=O)O. The minimum atomic E-state index is -1.15. The van der Waals surface area contributed by atoms with Gasteiger partial charge in [-0.05, 0) is 26.2 Å². The first-order chi connectivity index (χ1) is 10.0. The highest BCUT2D eigenvalue weighted by atomic mass is 16.5. The summed E-state index contributed by atoms with van der Waals surface area (Å²) in [7, 11) is 0. The molecule has 1 fully saturated rings. The van der Waals surface area contributed by atoms with Gasteiger partial charge in [0.05, 0.1) is 6.61 Å². The number of hydrogen-bond acceptors (Lipinski definition) is 4. The Kier molecular flexibility index (Phi) is 7.56. The molecule has 1 rings (SSSR count). The van der Waals surface area contributed by atoms with Crippen LogP contribution >= 0.6 is 0 Å². The smallest absolute Gasteiger partial charge is 0.326 e. The van der Waals surface area contributed by atoms with E-state index in [0.29, 0.717) is 0 Å². The number of hydrogen-bond donors (Lipinski definition) is 3. The average molecular weight is 300 g/mol. The van der Waals surface area contributed by atoms with Gasteiger partial charge in [0.2, 0.25) is 0 Å². The summed E-state index contributed by atoms with van der Waals surface area (Å²) in [5.41, 5.74) is 0. The molecule has 0 bridgehead atoms. The maximum Gasteiger partial charge on any atom is 0.326 e. The zero-order valence-electron chi connectivity index (χ0n) is 12.4. The van der Waals surface area contributed by atoms with Crippen LogP contribution in [0, 0.1) is 0 Å². The van der Waals surface area contributed by atoms with E-state index in [-0.39, 0.29) is 25.5 Å². The monoisotopic (exact) mass is 300 g/mol. The first-order valence-electron chi connectivity index (χ1n) is 7.48. The largest absolute Gasteiger partial charge is 0.480 e. The molecule has 0 aliphatic heterocycles. The van der Waals surface area contributed by atoms with E-state index in [4.69, 9.17) is 9.84 Å². The van der Waals surface area contributed by atoms with E-state index in [1.165, 1.54) is 6.42 Å². The zero-order chi connectivity index (χ0) is 15.7. The molecule has 1 saturated carbocycles. The molecule has 1 atom stereocenters. The highest BCUT2D eigenvalue weighted by molar-refractivity contribution is 5.83. The lowest BCUT2D eigenvalue weighted by molar-refractivity contribution is -0.144. The fraction of sp³-hybridized carbons (Fsp3) is 0.786. The predicted molar refractivity (Wildman–Crippen MR) is 75.8 cm³/mol. The van der Waals surface area contributed by atoms with Crippen LogP contribution in [0.25, 0.3) is 0 Å². The van der Waals surface area contributed by atoms with E-state index in [2.05, 4.69) is 10.6 Å². The van der Waals surface area contributed by atoms with Crippen LogP contribution in [0.1, 0.15) is 51.9 Å². The lowest BCUT2D eigenvalue weighted by atomic mass is 9.96. The normalized spacial score (nSPS) is 16.8. The van der Waals surface area contributed by atoms with E-state index in [9.17, 15) is 14.4 Å². The van der Waals surface area contributed by atoms with Crippen molar-refractivity contribution in [3.63, 3.8) is 0 Å². The lowest BCUT2D eigenvalue weighted by Crippen LogP contribution is -2.49. The summed E-state index contributed by atoms with van der Waals surface area (Å²) in [6, 6.07) is -1.46. The van der Waals surface area contributed by atoms with Crippen LogP contribution in [0.3, 0.4) is 0 Å². The van der Waals surface area contributed by atoms with Crippen LogP contribution in [0.4, 0.5) is 4.79 Å². The van der Waals surface area contributed by atoms with Gasteiger partial charge in [-0.15, -0.1) is 0 Å². The maximum atomic E-state index is 11.8. The molecule has 0 aromatic heterocycles. The predicted octanol–water partition coefficient (Wildman–Crippen LogP) is 1.41. The molecule has 3 N–H and O–H groups in total. The van der Waals surface area contributed by atoms with Gasteiger partial charge in [-0.25, -0.2) is 9.59 Å². The summed E-state index contributed by atoms with van der Waals surface area (Å²) < 4.78 is 4.74. The number of amides is 2. The molecule has 0 unspecified atom stereocenters. The van der Waals surface area contributed by atoms with Crippen molar-refractivity contribution in [1.82, 2.24) is 10.6 Å². The van der Waals surface area contributed by atoms with Crippen molar-refractivity contribution in [3.8, 4) is 0 Å². The van der Waals surface area contributed by atoms with Gasteiger partial charge in [-0.1, -0.05) is 19.3 Å². The van der Waals surface area contributed by atoms with E-state index in [1.54, 1.807) is 6.92 Å². The number of aliphatic carboxylic acids is 1. The summed E-state index contributed by atoms with van der Waals surface area (Å²) in [5, 5.41) is 14.3. The Morgan fingerprint density at radius 1 is 1.24 bits per heavy atom. The summed E-state index contributed by atoms with van der Waals surface area (Å²) in [6.45, 7) is 1.94. The van der Waals surface area contributed by atoms with Gasteiger partial charge < -0.3 is 20.5 Å². The third-order valence-electron chi connectivity index (χ3n) is 3.49. The lowest BCUT2D eigenvalue weighted by Gasteiger charge is -2.24.